The zero-order valence-corrected chi connectivity index (χ0v) is 12.3. The number of carbonyl (C=O) groups excluding carboxylic acids is 1. The lowest BCUT2D eigenvalue weighted by Crippen LogP contribution is -2.08. The van der Waals surface area contributed by atoms with Gasteiger partial charge in [-0.25, -0.2) is 4.79 Å². The topological polar surface area (TPSA) is 62.3 Å². The number of aromatic nitrogens is 1. The second kappa shape index (κ2) is 6.21. The largest absolute Gasteiger partial charge is 0.461 e. The molecule has 2 rings (SSSR count). The van der Waals surface area contributed by atoms with Gasteiger partial charge >= 0.3 is 5.97 Å². The number of H-pyrrole nitrogens is 1. The van der Waals surface area contributed by atoms with Crippen LogP contribution in [0.5, 0.6) is 0 Å². The third kappa shape index (κ3) is 2.98. The summed E-state index contributed by atoms with van der Waals surface area (Å²) in [7, 11) is 0. The van der Waals surface area contributed by atoms with Crippen LogP contribution < -0.4 is 0 Å². The van der Waals surface area contributed by atoms with Crippen molar-refractivity contribution in [2.45, 2.75) is 19.8 Å². The number of halogens is 1. The minimum atomic E-state index is -0.345. The fourth-order valence-electron chi connectivity index (χ4n) is 2.11. The first-order valence-corrected chi connectivity index (χ1v) is 7.04. The summed E-state index contributed by atoms with van der Waals surface area (Å²) in [5.74, 6) is -0.345. The summed E-state index contributed by atoms with van der Waals surface area (Å²) < 4.78 is 6.02. The molecule has 2 N–H and O–H groups in total. The fourth-order valence-corrected chi connectivity index (χ4v) is 2.47. The van der Waals surface area contributed by atoms with E-state index in [2.05, 4.69) is 20.9 Å². The number of esters is 1. The third-order valence-electron chi connectivity index (χ3n) is 2.93. The maximum absolute atomic E-state index is 12.0. The van der Waals surface area contributed by atoms with Crippen LogP contribution in [-0.2, 0) is 11.2 Å². The number of hydrogen-bond donors (Lipinski definition) is 2. The Bertz CT molecular complexity index is 592. The number of aromatic amines is 1. The molecule has 1 heterocycles. The van der Waals surface area contributed by atoms with Gasteiger partial charge in [0, 0.05) is 22.0 Å². The number of benzene rings is 1. The zero-order valence-electron chi connectivity index (χ0n) is 10.7. The molecule has 1 aromatic carbocycles. The average molecular weight is 326 g/mol. The lowest BCUT2D eigenvalue weighted by Gasteiger charge is -2.03. The maximum atomic E-state index is 12.0. The SMILES string of the molecule is CCOC(=O)c1[nH]c2ccc(Br)cc2c1CCCO. The average Bonchev–Trinajstić information content (AvgIpc) is 2.74. The van der Waals surface area contributed by atoms with E-state index in [1.54, 1.807) is 6.92 Å². The lowest BCUT2D eigenvalue weighted by atomic mass is 10.1. The van der Waals surface area contributed by atoms with Crippen LogP contribution in [0.3, 0.4) is 0 Å². The highest BCUT2D eigenvalue weighted by Crippen LogP contribution is 2.27. The summed E-state index contributed by atoms with van der Waals surface area (Å²) in [6.45, 7) is 2.23. The molecule has 0 saturated carbocycles. The van der Waals surface area contributed by atoms with Crippen LogP contribution >= 0.6 is 15.9 Å². The Kier molecular flexibility index (Phi) is 4.61. The van der Waals surface area contributed by atoms with E-state index in [4.69, 9.17) is 9.84 Å². The molecule has 0 saturated heterocycles. The standard InChI is InChI=1S/C14H16BrNO3/c1-2-19-14(18)13-10(4-3-7-17)11-8-9(15)5-6-12(11)16-13/h5-6,8,16-17H,2-4,7H2,1H3. The van der Waals surface area contributed by atoms with Crippen molar-refractivity contribution < 1.29 is 14.6 Å². The molecule has 0 aliphatic rings. The molecule has 0 atom stereocenters. The van der Waals surface area contributed by atoms with Crippen LogP contribution in [0.2, 0.25) is 0 Å². The molecule has 0 radical (unpaired) electrons. The van der Waals surface area contributed by atoms with Crippen LogP contribution in [0.1, 0.15) is 29.4 Å². The molecule has 0 amide bonds. The van der Waals surface area contributed by atoms with E-state index < -0.39 is 0 Å². The van der Waals surface area contributed by atoms with Gasteiger partial charge in [-0.05, 0) is 43.5 Å². The first kappa shape index (κ1) is 14.1. The second-order valence-corrected chi connectivity index (χ2v) is 5.13. The van der Waals surface area contributed by atoms with Crippen molar-refractivity contribution >= 4 is 32.8 Å². The highest BCUT2D eigenvalue weighted by molar-refractivity contribution is 9.10. The van der Waals surface area contributed by atoms with E-state index in [-0.39, 0.29) is 12.6 Å². The van der Waals surface area contributed by atoms with Gasteiger partial charge in [-0.3, -0.25) is 0 Å². The van der Waals surface area contributed by atoms with Crippen LogP contribution in [0.15, 0.2) is 22.7 Å². The number of hydrogen-bond acceptors (Lipinski definition) is 3. The van der Waals surface area contributed by atoms with Gasteiger partial charge in [-0.15, -0.1) is 0 Å². The highest BCUT2D eigenvalue weighted by Gasteiger charge is 2.18. The normalized spacial score (nSPS) is 10.9. The lowest BCUT2D eigenvalue weighted by molar-refractivity contribution is 0.0519. The Labute approximate surface area is 119 Å². The van der Waals surface area contributed by atoms with Crippen molar-refractivity contribution in [2.75, 3.05) is 13.2 Å². The monoisotopic (exact) mass is 325 g/mol. The molecule has 2 aromatic rings. The maximum Gasteiger partial charge on any atom is 0.355 e. The predicted octanol–water partition coefficient (Wildman–Crippen LogP) is 3.03. The van der Waals surface area contributed by atoms with E-state index in [0.29, 0.717) is 25.1 Å². The Morgan fingerprint density at radius 1 is 1.47 bits per heavy atom. The van der Waals surface area contributed by atoms with Crippen molar-refractivity contribution in [3.63, 3.8) is 0 Å². The molecule has 0 aliphatic heterocycles. The number of nitrogens with one attached hydrogen (secondary N) is 1. The van der Waals surface area contributed by atoms with Crippen LogP contribution in [0, 0.1) is 0 Å². The van der Waals surface area contributed by atoms with Gasteiger partial charge < -0.3 is 14.8 Å². The molecule has 4 nitrogen and oxygen atoms in total. The van der Waals surface area contributed by atoms with Gasteiger partial charge in [0.25, 0.3) is 0 Å². The molecule has 0 bridgehead atoms. The van der Waals surface area contributed by atoms with Crippen LogP contribution in [-0.4, -0.2) is 29.3 Å². The van der Waals surface area contributed by atoms with Crippen LogP contribution in [0.25, 0.3) is 10.9 Å². The first-order chi connectivity index (χ1) is 9.17. The van der Waals surface area contributed by atoms with E-state index in [1.165, 1.54) is 0 Å². The first-order valence-electron chi connectivity index (χ1n) is 6.25. The number of ether oxygens (including phenoxy) is 1. The fraction of sp³-hybridized carbons (Fsp3) is 0.357. The molecule has 1 aromatic heterocycles. The van der Waals surface area contributed by atoms with Crippen molar-refractivity contribution in [1.82, 2.24) is 4.98 Å². The number of aryl methyl sites for hydroxylation is 1. The van der Waals surface area contributed by atoms with Crippen LogP contribution in [0.4, 0.5) is 0 Å². The summed E-state index contributed by atoms with van der Waals surface area (Å²) in [6.07, 6.45) is 1.26. The van der Waals surface area contributed by atoms with E-state index in [1.807, 2.05) is 18.2 Å². The summed E-state index contributed by atoms with van der Waals surface area (Å²) in [4.78, 5) is 15.1. The molecule has 0 spiro atoms. The molecular formula is C14H16BrNO3. The minimum absolute atomic E-state index is 0.100. The summed E-state index contributed by atoms with van der Waals surface area (Å²) >= 11 is 3.43. The van der Waals surface area contributed by atoms with Gasteiger partial charge in [0.1, 0.15) is 5.69 Å². The Hall–Kier alpha value is -1.33. The van der Waals surface area contributed by atoms with Gasteiger partial charge in [-0.1, -0.05) is 15.9 Å². The van der Waals surface area contributed by atoms with Crippen molar-refractivity contribution in [2.24, 2.45) is 0 Å². The smallest absolute Gasteiger partial charge is 0.355 e. The van der Waals surface area contributed by atoms with Crippen molar-refractivity contribution in [1.29, 1.82) is 0 Å². The van der Waals surface area contributed by atoms with Gasteiger partial charge in [-0.2, -0.15) is 0 Å². The van der Waals surface area contributed by atoms with Gasteiger partial charge in [0.05, 0.1) is 6.61 Å². The minimum Gasteiger partial charge on any atom is -0.461 e. The second-order valence-electron chi connectivity index (χ2n) is 4.22. The van der Waals surface area contributed by atoms with E-state index >= 15 is 0 Å². The molecule has 0 fully saturated rings. The Morgan fingerprint density at radius 3 is 2.95 bits per heavy atom. The summed E-state index contributed by atoms with van der Waals surface area (Å²) in [5.41, 5.74) is 2.30. The van der Waals surface area contributed by atoms with Gasteiger partial charge in [0.2, 0.25) is 0 Å². The summed E-state index contributed by atoms with van der Waals surface area (Å²) in [6, 6.07) is 5.81. The van der Waals surface area contributed by atoms with E-state index in [0.717, 1.165) is 20.9 Å². The summed E-state index contributed by atoms with van der Waals surface area (Å²) in [5, 5.41) is 9.98. The van der Waals surface area contributed by atoms with Crippen molar-refractivity contribution in [3.05, 3.63) is 33.9 Å². The zero-order chi connectivity index (χ0) is 13.8. The predicted molar refractivity (Wildman–Crippen MR) is 77.4 cm³/mol. The number of fused-ring (bicyclic) bond motifs is 1. The molecule has 5 heteroatoms. The molecule has 0 aliphatic carbocycles. The molecule has 102 valence electrons. The van der Waals surface area contributed by atoms with Gasteiger partial charge in [0.15, 0.2) is 0 Å². The molecule has 0 unspecified atom stereocenters. The number of aliphatic hydroxyl groups is 1. The Balaban J connectivity index is 2.51. The number of carbonyl (C=O) groups is 1. The number of aliphatic hydroxyl groups excluding tert-OH is 1. The van der Waals surface area contributed by atoms with Crippen molar-refractivity contribution in [3.8, 4) is 0 Å². The van der Waals surface area contributed by atoms with E-state index in [9.17, 15) is 4.79 Å². The highest BCUT2D eigenvalue weighted by atomic mass is 79.9. The Morgan fingerprint density at radius 2 is 2.26 bits per heavy atom. The quantitative estimate of drug-likeness (QED) is 0.830. The number of rotatable bonds is 5. The third-order valence-corrected chi connectivity index (χ3v) is 3.43. The molecule has 19 heavy (non-hydrogen) atoms. The molecular weight excluding hydrogens is 310 g/mol.